The van der Waals surface area contributed by atoms with E-state index in [1.54, 1.807) is 7.11 Å². The number of methoxy groups -OCH3 is 1. The van der Waals surface area contributed by atoms with Crippen LogP contribution in [0.1, 0.15) is 19.4 Å². The van der Waals surface area contributed by atoms with Crippen molar-refractivity contribution in [2.45, 2.75) is 32.6 Å². The minimum Gasteiger partial charge on any atom is -0.497 e. The Morgan fingerprint density at radius 1 is 1.29 bits per heavy atom. The first kappa shape index (κ1) is 12.4. The predicted molar refractivity (Wildman–Crippen MR) is 68.3 cm³/mol. The average molecular weight is 235 g/mol. The van der Waals surface area contributed by atoms with Gasteiger partial charge in [0.25, 0.3) is 0 Å². The van der Waals surface area contributed by atoms with Crippen LogP contribution in [0.25, 0.3) is 0 Å². The van der Waals surface area contributed by atoms with Crippen LogP contribution in [0.5, 0.6) is 5.75 Å². The van der Waals surface area contributed by atoms with Crippen LogP contribution in [-0.2, 0) is 11.3 Å². The predicted octanol–water partition coefficient (Wildman–Crippen LogP) is 2.30. The Labute approximate surface area is 103 Å². The minimum absolute atomic E-state index is 0.323. The molecule has 1 aromatic carbocycles. The third-order valence-corrected chi connectivity index (χ3v) is 3.04. The number of benzene rings is 1. The third-order valence-electron chi connectivity index (χ3n) is 3.04. The molecule has 1 fully saturated rings. The second-order valence-electron chi connectivity index (χ2n) is 4.80. The van der Waals surface area contributed by atoms with Gasteiger partial charge in [-0.05, 0) is 31.5 Å². The molecule has 0 radical (unpaired) electrons. The maximum atomic E-state index is 5.73. The summed E-state index contributed by atoms with van der Waals surface area (Å²) in [7, 11) is 1.71. The van der Waals surface area contributed by atoms with E-state index < -0.39 is 0 Å². The molecular weight excluding hydrogens is 214 g/mol. The highest BCUT2D eigenvalue weighted by Gasteiger charge is 2.21. The van der Waals surface area contributed by atoms with Crippen molar-refractivity contribution in [1.82, 2.24) is 4.90 Å². The average Bonchev–Trinajstić information content (AvgIpc) is 2.28. The van der Waals surface area contributed by atoms with Gasteiger partial charge in [-0.25, -0.2) is 0 Å². The fraction of sp³-hybridized carbons (Fsp3) is 0.571. The van der Waals surface area contributed by atoms with Crippen molar-refractivity contribution in [2.75, 3.05) is 20.2 Å². The molecule has 2 rings (SSSR count). The third kappa shape index (κ3) is 3.45. The lowest BCUT2D eigenvalue weighted by molar-refractivity contribution is -0.0704. The Kier molecular flexibility index (Phi) is 4.02. The molecule has 0 bridgehead atoms. The van der Waals surface area contributed by atoms with Crippen LogP contribution in [0.2, 0.25) is 0 Å². The smallest absolute Gasteiger partial charge is 0.119 e. The molecule has 0 aliphatic carbocycles. The Bertz CT molecular complexity index is 357. The van der Waals surface area contributed by atoms with E-state index in [0.717, 1.165) is 25.4 Å². The minimum atomic E-state index is 0.323. The highest BCUT2D eigenvalue weighted by Crippen LogP contribution is 2.17. The van der Waals surface area contributed by atoms with Gasteiger partial charge in [-0.3, -0.25) is 4.90 Å². The van der Waals surface area contributed by atoms with E-state index in [0.29, 0.717) is 12.2 Å². The van der Waals surface area contributed by atoms with Gasteiger partial charge in [0.2, 0.25) is 0 Å². The highest BCUT2D eigenvalue weighted by molar-refractivity contribution is 5.28. The molecule has 0 saturated carbocycles. The van der Waals surface area contributed by atoms with Gasteiger partial charge < -0.3 is 9.47 Å². The zero-order valence-corrected chi connectivity index (χ0v) is 10.8. The summed E-state index contributed by atoms with van der Waals surface area (Å²) < 4.78 is 11.0. The fourth-order valence-corrected chi connectivity index (χ4v) is 2.44. The zero-order valence-electron chi connectivity index (χ0n) is 10.8. The molecule has 0 N–H and O–H groups in total. The van der Waals surface area contributed by atoms with E-state index in [-0.39, 0.29) is 0 Å². The zero-order chi connectivity index (χ0) is 12.3. The molecule has 1 saturated heterocycles. The van der Waals surface area contributed by atoms with E-state index in [1.165, 1.54) is 5.56 Å². The monoisotopic (exact) mass is 235 g/mol. The molecule has 17 heavy (non-hydrogen) atoms. The molecule has 1 aliphatic heterocycles. The lowest BCUT2D eigenvalue weighted by Crippen LogP contribution is -2.44. The maximum absolute atomic E-state index is 5.73. The summed E-state index contributed by atoms with van der Waals surface area (Å²) in [4.78, 5) is 2.44. The Morgan fingerprint density at radius 3 is 2.65 bits per heavy atom. The molecule has 0 amide bonds. The van der Waals surface area contributed by atoms with Crippen molar-refractivity contribution >= 4 is 0 Å². The molecule has 1 heterocycles. The van der Waals surface area contributed by atoms with Crippen molar-refractivity contribution in [1.29, 1.82) is 0 Å². The van der Waals surface area contributed by atoms with Gasteiger partial charge in [0.05, 0.1) is 19.3 Å². The second-order valence-corrected chi connectivity index (χ2v) is 4.80. The number of nitrogens with zero attached hydrogens (tertiary/aromatic N) is 1. The first-order valence-corrected chi connectivity index (χ1v) is 6.18. The van der Waals surface area contributed by atoms with Crippen molar-refractivity contribution in [3.8, 4) is 5.75 Å². The van der Waals surface area contributed by atoms with Crippen LogP contribution < -0.4 is 4.74 Å². The van der Waals surface area contributed by atoms with Crippen molar-refractivity contribution < 1.29 is 9.47 Å². The van der Waals surface area contributed by atoms with Crippen LogP contribution in [0, 0.1) is 0 Å². The van der Waals surface area contributed by atoms with Gasteiger partial charge in [0.1, 0.15) is 5.75 Å². The molecule has 0 aromatic heterocycles. The lowest BCUT2D eigenvalue weighted by atomic mass is 10.1. The summed E-state index contributed by atoms with van der Waals surface area (Å²) in [5, 5.41) is 0. The molecule has 3 nitrogen and oxygen atoms in total. The van der Waals surface area contributed by atoms with Gasteiger partial charge in [-0.1, -0.05) is 12.1 Å². The Hall–Kier alpha value is -1.06. The van der Waals surface area contributed by atoms with Crippen molar-refractivity contribution in [3.05, 3.63) is 29.8 Å². The van der Waals surface area contributed by atoms with Crippen LogP contribution >= 0.6 is 0 Å². The standard InChI is InChI=1S/C14H21NO2/c1-11-8-15(9-12(2)17-11)10-13-5-4-6-14(7-13)16-3/h4-7,11-12H,8-10H2,1-3H3/t11-,12-/m0/s1. The summed E-state index contributed by atoms with van der Waals surface area (Å²) in [6, 6.07) is 8.27. The number of hydrogen-bond donors (Lipinski definition) is 0. The first-order chi connectivity index (χ1) is 8.17. The van der Waals surface area contributed by atoms with Gasteiger partial charge in [-0.15, -0.1) is 0 Å². The topological polar surface area (TPSA) is 21.7 Å². The quantitative estimate of drug-likeness (QED) is 0.802. The fourth-order valence-electron chi connectivity index (χ4n) is 2.44. The molecule has 1 aliphatic rings. The summed E-state index contributed by atoms with van der Waals surface area (Å²) in [6.07, 6.45) is 0.647. The van der Waals surface area contributed by atoms with E-state index in [2.05, 4.69) is 30.9 Å². The Balaban J connectivity index is 1.99. The first-order valence-electron chi connectivity index (χ1n) is 6.18. The van der Waals surface area contributed by atoms with Gasteiger partial charge in [-0.2, -0.15) is 0 Å². The summed E-state index contributed by atoms with van der Waals surface area (Å²) in [5.74, 6) is 0.928. The molecular formula is C14H21NO2. The molecule has 1 aromatic rings. The van der Waals surface area contributed by atoms with E-state index >= 15 is 0 Å². The molecule has 0 unspecified atom stereocenters. The van der Waals surface area contributed by atoms with Gasteiger partial charge >= 0.3 is 0 Å². The van der Waals surface area contributed by atoms with Gasteiger partial charge in [0.15, 0.2) is 0 Å². The highest BCUT2D eigenvalue weighted by atomic mass is 16.5. The lowest BCUT2D eigenvalue weighted by Gasteiger charge is -2.35. The van der Waals surface area contributed by atoms with Gasteiger partial charge in [0, 0.05) is 19.6 Å². The number of hydrogen-bond acceptors (Lipinski definition) is 3. The number of ether oxygens (including phenoxy) is 2. The second kappa shape index (κ2) is 5.52. The van der Waals surface area contributed by atoms with Crippen molar-refractivity contribution in [3.63, 3.8) is 0 Å². The summed E-state index contributed by atoms with van der Waals surface area (Å²) in [5.41, 5.74) is 1.30. The molecule has 2 atom stereocenters. The molecule has 0 spiro atoms. The maximum Gasteiger partial charge on any atom is 0.119 e. The van der Waals surface area contributed by atoms with Crippen LogP contribution in [-0.4, -0.2) is 37.3 Å². The van der Waals surface area contributed by atoms with Crippen LogP contribution in [0.4, 0.5) is 0 Å². The Morgan fingerprint density at radius 2 is 2.00 bits per heavy atom. The summed E-state index contributed by atoms with van der Waals surface area (Å²) in [6.45, 7) is 7.24. The SMILES string of the molecule is COc1cccc(CN2C[C@H](C)O[C@@H](C)C2)c1. The van der Waals surface area contributed by atoms with Crippen LogP contribution in [0.15, 0.2) is 24.3 Å². The molecule has 3 heteroatoms. The van der Waals surface area contributed by atoms with E-state index in [9.17, 15) is 0 Å². The van der Waals surface area contributed by atoms with E-state index in [1.807, 2.05) is 12.1 Å². The molecule has 94 valence electrons. The number of morpholine rings is 1. The van der Waals surface area contributed by atoms with Crippen molar-refractivity contribution in [2.24, 2.45) is 0 Å². The number of rotatable bonds is 3. The normalized spacial score (nSPS) is 25.8. The van der Waals surface area contributed by atoms with Crippen LogP contribution in [0.3, 0.4) is 0 Å². The largest absolute Gasteiger partial charge is 0.497 e. The van der Waals surface area contributed by atoms with E-state index in [4.69, 9.17) is 9.47 Å². The summed E-state index contributed by atoms with van der Waals surface area (Å²) >= 11 is 0.